The Kier molecular flexibility index (Phi) is 5.61. The zero-order valence-electron chi connectivity index (χ0n) is 11.1. The lowest BCUT2D eigenvalue weighted by molar-refractivity contribution is 0.0651. The Labute approximate surface area is 102 Å². The maximum atomic E-state index is 9.64. The summed E-state index contributed by atoms with van der Waals surface area (Å²) in [6, 6.07) is 0. The van der Waals surface area contributed by atoms with Crippen molar-refractivity contribution in [1.29, 1.82) is 0 Å². The molecule has 1 heterocycles. The molecule has 1 atom stereocenters. The first-order chi connectivity index (χ1) is 8.07. The Hall–Kier alpha value is -0.910. The number of hydrogen-bond acceptors (Lipinski definition) is 4. The topological polar surface area (TPSA) is 56.5 Å². The summed E-state index contributed by atoms with van der Waals surface area (Å²) in [6.07, 6.45) is -0.474. The van der Waals surface area contributed by atoms with Gasteiger partial charge in [-0.2, -0.15) is 5.10 Å². The van der Waals surface area contributed by atoms with Gasteiger partial charge < -0.3 is 14.6 Å². The summed E-state index contributed by atoms with van der Waals surface area (Å²) >= 11 is 0. The first-order valence-electron chi connectivity index (χ1n) is 5.86. The summed E-state index contributed by atoms with van der Waals surface area (Å²) in [4.78, 5) is 0. The van der Waals surface area contributed by atoms with E-state index in [2.05, 4.69) is 5.10 Å². The summed E-state index contributed by atoms with van der Waals surface area (Å²) in [5.74, 6) is 0. The summed E-state index contributed by atoms with van der Waals surface area (Å²) in [5.41, 5.74) is 2.81. The summed E-state index contributed by atoms with van der Waals surface area (Å²) in [7, 11) is 1.65. The quantitative estimate of drug-likeness (QED) is 0.730. The molecule has 0 saturated heterocycles. The lowest BCUT2D eigenvalue weighted by Gasteiger charge is -2.07. The summed E-state index contributed by atoms with van der Waals surface area (Å²) < 4.78 is 12.2. The monoisotopic (exact) mass is 242 g/mol. The van der Waals surface area contributed by atoms with Gasteiger partial charge in [-0.1, -0.05) is 0 Å². The molecule has 5 nitrogen and oxygen atoms in total. The number of nitrogens with zero attached hydrogens (tertiary/aromatic N) is 2. The molecule has 0 fully saturated rings. The zero-order chi connectivity index (χ0) is 12.8. The van der Waals surface area contributed by atoms with Crippen molar-refractivity contribution < 1.29 is 14.6 Å². The first kappa shape index (κ1) is 14.2. The highest BCUT2D eigenvalue weighted by Gasteiger charge is 2.15. The third-order valence-corrected chi connectivity index (χ3v) is 2.73. The van der Waals surface area contributed by atoms with Crippen LogP contribution < -0.4 is 0 Å². The van der Waals surface area contributed by atoms with Crippen molar-refractivity contribution in [2.24, 2.45) is 0 Å². The number of rotatable bonds is 7. The van der Waals surface area contributed by atoms with E-state index in [0.29, 0.717) is 26.4 Å². The van der Waals surface area contributed by atoms with E-state index in [0.717, 1.165) is 17.0 Å². The molecule has 0 saturated carbocycles. The van der Waals surface area contributed by atoms with Gasteiger partial charge in [0.2, 0.25) is 0 Å². The molecular formula is C12H22N2O3. The smallest absolute Gasteiger partial charge is 0.0797 e. The average molecular weight is 242 g/mol. The highest BCUT2D eigenvalue weighted by Crippen LogP contribution is 2.20. The van der Waals surface area contributed by atoms with Crippen molar-refractivity contribution >= 4 is 0 Å². The molecule has 0 aliphatic heterocycles. The molecule has 0 amide bonds. The molecule has 0 spiro atoms. The second-order valence-electron chi connectivity index (χ2n) is 4.09. The van der Waals surface area contributed by atoms with E-state index in [1.807, 2.05) is 18.5 Å². The predicted octanol–water partition coefficient (Wildman–Crippen LogP) is 1.22. The first-order valence-corrected chi connectivity index (χ1v) is 5.86. The molecule has 1 aromatic heterocycles. The molecule has 0 aliphatic rings. The molecular weight excluding hydrogens is 220 g/mol. The number of aromatic nitrogens is 2. The maximum absolute atomic E-state index is 9.64. The lowest BCUT2D eigenvalue weighted by Crippen LogP contribution is -2.11. The van der Waals surface area contributed by atoms with Gasteiger partial charge in [0, 0.05) is 18.4 Å². The number of aliphatic hydroxyl groups excluding tert-OH is 1. The van der Waals surface area contributed by atoms with Gasteiger partial charge in [0.25, 0.3) is 0 Å². The van der Waals surface area contributed by atoms with Crippen molar-refractivity contribution in [2.45, 2.75) is 33.4 Å². The van der Waals surface area contributed by atoms with Gasteiger partial charge in [0.05, 0.1) is 38.2 Å². The molecule has 1 unspecified atom stereocenters. The Morgan fingerprint density at radius 1 is 1.29 bits per heavy atom. The minimum absolute atomic E-state index is 0.474. The molecule has 1 rings (SSSR count). The minimum Gasteiger partial charge on any atom is -0.389 e. The Bertz CT molecular complexity index is 348. The van der Waals surface area contributed by atoms with Crippen molar-refractivity contribution in [3.63, 3.8) is 0 Å². The molecule has 1 N–H and O–H groups in total. The Balaban J connectivity index is 2.52. The standard InChI is InChI=1S/C12H22N2O3/c1-9-12(11(3)15)10(2)14(13-9)5-6-17-8-7-16-4/h11,15H,5-8H2,1-4H3. The van der Waals surface area contributed by atoms with Crippen LogP contribution in [0.5, 0.6) is 0 Å². The van der Waals surface area contributed by atoms with Crippen molar-refractivity contribution in [1.82, 2.24) is 9.78 Å². The minimum atomic E-state index is -0.474. The molecule has 1 aromatic rings. The third-order valence-electron chi connectivity index (χ3n) is 2.73. The zero-order valence-corrected chi connectivity index (χ0v) is 11.1. The van der Waals surface area contributed by atoms with Gasteiger partial charge >= 0.3 is 0 Å². The van der Waals surface area contributed by atoms with Gasteiger partial charge in [0.1, 0.15) is 0 Å². The van der Waals surface area contributed by atoms with Crippen LogP contribution >= 0.6 is 0 Å². The fraction of sp³-hybridized carbons (Fsp3) is 0.750. The van der Waals surface area contributed by atoms with Gasteiger partial charge in [-0.3, -0.25) is 4.68 Å². The normalized spacial score (nSPS) is 13.0. The van der Waals surface area contributed by atoms with Crippen LogP contribution in [0.15, 0.2) is 0 Å². The number of aliphatic hydroxyl groups is 1. The van der Waals surface area contributed by atoms with Crippen LogP contribution in [0.1, 0.15) is 30.0 Å². The number of hydrogen-bond donors (Lipinski definition) is 1. The molecule has 98 valence electrons. The molecule has 5 heteroatoms. The van der Waals surface area contributed by atoms with Crippen LogP contribution in [-0.4, -0.2) is 41.8 Å². The fourth-order valence-electron chi connectivity index (χ4n) is 1.93. The predicted molar refractivity (Wildman–Crippen MR) is 65.0 cm³/mol. The van der Waals surface area contributed by atoms with Gasteiger partial charge in [-0.25, -0.2) is 0 Å². The molecule has 0 aromatic carbocycles. The van der Waals surface area contributed by atoms with E-state index >= 15 is 0 Å². The highest BCUT2D eigenvalue weighted by molar-refractivity contribution is 5.26. The second-order valence-corrected chi connectivity index (χ2v) is 4.09. The van der Waals surface area contributed by atoms with E-state index in [1.54, 1.807) is 14.0 Å². The molecule has 17 heavy (non-hydrogen) atoms. The van der Waals surface area contributed by atoms with Gasteiger partial charge in [0.15, 0.2) is 0 Å². The van der Waals surface area contributed by atoms with E-state index in [1.165, 1.54) is 0 Å². The van der Waals surface area contributed by atoms with Crippen LogP contribution in [-0.2, 0) is 16.0 Å². The second kappa shape index (κ2) is 6.74. The van der Waals surface area contributed by atoms with E-state index < -0.39 is 6.10 Å². The van der Waals surface area contributed by atoms with Crippen molar-refractivity contribution in [2.75, 3.05) is 26.9 Å². The average Bonchev–Trinajstić information content (AvgIpc) is 2.53. The number of methoxy groups -OCH3 is 1. The van der Waals surface area contributed by atoms with Crippen LogP contribution in [0.4, 0.5) is 0 Å². The third kappa shape index (κ3) is 3.80. The van der Waals surface area contributed by atoms with Crippen LogP contribution in [0.2, 0.25) is 0 Å². The highest BCUT2D eigenvalue weighted by atomic mass is 16.5. The van der Waals surface area contributed by atoms with E-state index in [-0.39, 0.29) is 0 Å². The molecule has 0 bridgehead atoms. The largest absolute Gasteiger partial charge is 0.389 e. The van der Waals surface area contributed by atoms with Gasteiger partial charge in [-0.05, 0) is 20.8 Å². The maximum Gasteiger partial charge on any atom is 0.0797 e. The van der Waals surface area contributed by atoms with Gasteiger partial charge in [-0.15, -0.1) is 0 Å². The van der Waals surface area contributed by atoms with Crippen LogP contribution in [0.25, 0.3) is 0 Å². The van der Waals surface area contributed by atoms with Crippen molar-refractivity contribution in [3.05, 3.63) is 17.0 Å². The molecule has 0 radical (unpaired) electrons. The lowest BCUT2D eigenvalue weighted by atomic mass is 10.1. The molecule has 0 aliphatic carbocycles. The Morgan fingerprint density at radius 2 is 2.00 bits per heavy atom. The summed E-state index contributed by atoms with van der Waals surface area (Å²) in [5, 5.41) is 14.0. The fourth-order valence-corrected chi connectivity index (χ4v) is 1.93. The van der Waals surface area contributed by atoms with E-state index in [4.69, 9.17) is 9.47 Å². The van der Waals surface area contributed by atoms with Crippen molar-refractivity contribution in [3.8, 4) is 0 Å². The summed E-state index contributed by atoms with van der Waals surface area (Å²) in [6.45, 7) is 8.15. The van der Waals surface area contributed by atoms with E-state index in [9.17, 15) is 5.11 Å². The SMILES string of the molecule is COCCOCCn1nc(C)c(C(C)O)c1C. The van der Waals surface area contributed by atoms with Crippen LogP contribution in [0, 0.1) is 13.8 Å². The Morgan fingerprint density at radius 3 is 2.53 bits per heavy atom. The number of aryl methyl sites for hydroxylation is 1. The van der Waals surface area contributed by atoms with Crippen LogP contribution in [0.3, 0.4) is 0 Å². The number of ether oxygens (including phenoxy) is 2.